The van der Waals surface area contributed by atoms with Crippen molar-refractivity contribution >= 4 is 17.7 Å². The zero-order chi connectivity index (χ0) is 20.6. The van der Waals surface area contributed by atoms with Crippen molar-refractivity contribution < 1.29 is 19.4 Å². The molecule has 1 aromatic heterocycles. The zero-order valence-electron chi connectivity index (χ0n) is 16.0. The number of carbonyl (C=O) groups excluding carboxylic acids is 1. The fourth-order valence-corrected chi connectivity index (χ4v) is 3.12. The second-order valence-corrected chi connectivity index (χ2v) is 6.31. The van der Waals surface area contributed by atoms with Crippen molar-refractivity contribution in [2.24, 2.45) is 7.05 Å². The van der Waals surface area contributed by atoms with Gasteiger partial charge in [0.05, 0.1) is 19.9 Å². The van der Waals surface area contributed by atoms with E-state index in [2.05, 4.69) is 5.32 Å². The van der Waals surface area contributed by atoms with Crippen LogP contribution in [0.2, 0.25) is 0 Å². The number of rotatable bonds is 5. The van der Waals surface area contributed by atoms with Gasteiger partial charge < -0.3 is 19.9 Å². The number of hydrogen-bond donors (Lipinski definition) is 2. The van der Waals surface area contributed by atoms with E-state index in [0.717, 1.165) is 4.57 Å². The van der Waals surface area contributed by atoms with Crippen molar-refractivity contribution in [3.05, 3.63) is 49.8 Å². The van der Waals surface area contributed by atoms with Gasteiger partial charge in [-0.15, -0.1) is 0 Å². The van der Waals surface area contributed by atoms with Crippen LogP contribution in [0.5, 0.6) is 17.2 Å². The van der Waals surface area contributed by atoms with E-state index in [0.29, 0.717) is 18.5 Å². The smallest absolute Gasteiger partial charge is 0.332 e. The highest BCUT2D eigenvalue weighted by atomic mass is 16.5. The Bertz CT molecular complexity index is 1080. The third-order valence-corrected chi connectivity index (χ3v) is 4.53. The lowest BCUT2D eigenvalue weighted by atomic mass is 10.1. The van der Waals surface area contributed by atoms with E-state index < -0.39 is 17.0 Å². The predicted molar refractivity (Wildman–Crippen MR) is 103 cm³/mol. The molecule has 0 saturated carbocycles. The molecule has 2 N–H and O–H groups in total. The Balaban J connectivity index is 2.15. The first-order valence-electron chi connectivity index (χ1n) is 8.66. The number of nitrogens with one attached hydrogen (secondary N) is 1. The molecule has 1 aliphatic rings. The first kappa shape index (κ1) is 19.3. The number of nitrogens with zero attached hydrogens (tertiary/aromatic N) is 2. The van der Waals surface area contributed by atoms with Crippen LogP contribution in [-0.4, -0.2) is 34.2 Å². The number of ether oxygens (including phenoxy) is 2. The van der Waals surface area contributed by atoms with Gasteiger partial charge in [0, 0.05) is 13.6 Å². The number of fused-ring (bicyclic) bond motifs is 1. The quantitative estimate of drug-likeness (QED) is 0.745. The Hall–Kier alpha value is -3.49. The van der Waals surface area contributed by atoms with Gasteiger partial charge >= 0.3 is 5.69 Å². The normalized spacial score (nSPS) is 14.1. The number of carbonyl (C=O) groups is 1. The molecule has 0 fully saturated rings. The van der Waals surface area contributed by atoms with Gasteiger partial charge in [0.25, 0.3) is 5.56 Å². The van der Waals surface area contributed by atoms with Crippen molar-refractivity contribution in [1.82, 2.24) is 9.13 Å². The molecule has 3 rings (SSSR count). The molecule has 2 aromatic rings. The highest BCUT2D eigenvalue weighted by Crippen LogP contribution is 2.38. The van der Waals surface area contributed by atoms with Crippen molar-refractivity contribution in [2.45, 2.75) is 19.9 Å². The third kappa shape index (κ3) is 2.94. The number of phenolic OH excluding ortho intramolecular Hbond substituents is 1. The molecule has 0 saturated heterocycles. The number of anilines is 1. The third-order valence-electron chi connectivity index (χ3n) is 4.53. The molecular weight excluding hydrogens is 366 g/mol. The largest absolute Gasteiger partial charge is 0.502 e. The van der Waals surface area contributed by atoms with Crippen molar-refractivity contribution in [1.29, 1.82) is 0 Å². The highest BCUT2D eigenvalue weighted by molar-refractivity contribution is 6.19. The molecule has 0 spiro atoms. The summed E-state index contributed by atoms with van der Waals surface area (Å²) in [6.07, 6.45) is 2.17. The summed E-state index contributed by atoms with van der Waals surface area (Å²) in [5.74, 6) is -0.122. The summed E-state index contributed by atoms with van der Waals surface area (Å²) in [6, 6.07) is 3.06. The van der Waals surface area contributed by atoms with E-state index in [1.165, 1.54) is 44.0 Å². The minimum atomic E-state index is -0.644. The summed E-state index contributed by atoms with van der Waals surface area (Å²) in [4.78, 5) is 37.7. The molecule has 1 aromatic carbocycles. The minimum Gasteiger partial charge on any atom is -0.502 e. The molecule has 0 bridgehead atoms. The maximum absolute atomic E-state index is 12.8. The summed E-state index contributed by atoms with van der Waals surface area (Å²) in [5.41, 5.74) is -0.553. The molecule has 0 aliphatic carbocycles. The van der Waals surface area contributed by atoms with Crippen LogP contribution in [0.3, 0.4) is 0 Å². The lowest BCUT2D eigenvalue weighted by Gasteiger charge is -2.12. The minimum absolute atomic E-state index is 0.0699. The van der Waals surface area contributed by atoms with Crippen LogP contribution in [0.1, 0.15) is 29.3 Å². The molecule has 9 heteroatoms. The maximum Gasteiger partial charge on any atom is 0.332 e. The lowest BCUT2D eigenvalue weighted by molar-refractivity contribution is 0.104. The molecule has 0 unspecified atom stereocenters. The molecule has 9 nitrogen and oxygen atoms in total. The SMILES string of the molecule is CCCn1c2c(c(=O)n(C)c1=O)C(=O)C(=Cc1cc(OC)c(O)c(OC)c1)N2. The second kappa shape index (κ2) is 7.26. The highest BCUT2D eigenvalue weighted by Gasteiger charge is 2.32. The first-order valence-corrected chi connectivity index (χ1v) is 8.66. The van der Waals surface area contributed by atoms with E-state index in [1.807, 2.05) is 6.92 Å². The van der Waals surface area contributed by atoms with Crippen LogP contribution in [0, 0.1) is 0 Å². The van der Waals surface area contributed by atoms with Gasteiger partial charge in [0.1, 0.15) is 11.4 Å². The lowest BCUT2D eigenvalue weighted by Crippen LogP contribution is -2.40. The van der Waals surface area contributed by atoms with Crippen molar-refractivity contribution in [3.63, 3.8) is 0 Å². The summed E-state index contributed by atoms with van der Waals surface area (Å²) in [7, 11) is 4.14. The number of Topliss-reactive ketones (excluding diaryl/α,β-unsaturated/α-hetero) is 1. The average molecular weight is 387 g/mol. The van der Waals surface area contributed by atoms with Gasteiger partial charge in [-0.3, -0.25) is 18.7 Å². The molecule has 1 aliphatic heterocycles. The number of aromatic hydroxyl groups is 1. The summed E-state index contributed by atoms with van der Waals surface area (Å²) in [5, 5.41) is 12.9. The Kier molecular flexibility index (Phi) is 5.00. The Morgan fingerprint density at radius 1 is 1.14 bits per heavy atom. The van der Waals surface area contributed by atoms with Crippen LogP contribution in [0.4, 0.5) is 5.82 Å². The number of allylic oxidation sites excluding steroid dienone is 1. The maximum atomic E-state index is 12.8. The van der Waals surface area contributed by atoms with Crippen LogP contribution < -0.4 is 26.0 Å². The summed E-state index contributed by atoms with van der Waals surface area (Å²) in [6.45, 7) is 2.26. The standard InChI is InChI=1S/C19H21N3O6/c1-5-6-22-17-14(18(25)21(2)19(22)26)15(23)11(20-17)7-10-8-12(27-3)16(24)13(9-10)28-4/h7-9,20,24H,5-6H2,1-4H3. The van der Waals surface area contributed by atoms with Gasteiger partial charge in [-0.2, -0.15) is 0 Å². The Morgan fingerprint density at radius 2 is 1.75 bits per heavy atom. The van der Waals surface area contributed by atoms with E-state index in [-0.39, 0.29) is 34.3 Å². The second-order valence-electron chi connectivity index (χ2n) is 6.31. The van der Waals surface area contributed by atoms with Gasteiger partial charge in [0.2, 0.25) is 11.5 Å². The van der Waals surface area contributed by atoms with Gasteiger partial charge in [-0.05, 0) is 30.2 Å². The molecule has 2 heterocycles. The Morgan fingerprint density at radius 3 is 2.29 bits per heavy atom. The monoisotopic (exact) mass is 387 g/mol. The number of benzene rings is 1. The molecule has 148 valence electrons. The van der Waals surface area contributed by atoms with Crippen molar-refractivity contribution in [3.8, 4) is 17.2 Å². The topological polar surface area (TPSA) is 112 Å². The van der Waals surface area contributed by atoms with E-state index in [9.17, 15) is 19.5 Å². The fraction of sp³-hybridized carbons (Fsp3) is 0.316. The van der Waals surface area contributed by atoms with Gasteiger partial charge in [-0.1, -0.05) is 6.92 Å². The van der Waals surface area contributed by atoms with Crippen molar-refractivity contribution in [2.75, 3.05) is 19.5 Å². The zero-order valence-corrected chi connectivity index (χ0v) is 16.0. The van der Waals surface area contributed by atoms with Gasteiger partial charge in [-0.25, -0.2) is 4.79 Å². The van der Waals surface area contributed by atoms with E-state index in [4.69, 9.17) is 9.47 Å². The summed E-state index contributed by atoms with van der Waals surface area (Å²) < 4.78 is 12.6. The fourth-order valence-electron chi connectivity index (χ4n) is 3.12. The first-order chi connectivity index (χ1) is 13.3. The molecule has 28 heavy (non-hydrogen) atoms. The number of ketones is 1. The average Bonchev–Trinajstić information content (AvgIpc) is 3.00. The number of hydrogen-bond acceptors (Lipinski definition) is 7. The number of methoxy groups -OCH3 is 2. The van der Waals surface area contributed by atoms with Crippen LogP contribution in [0.25, 0.3) is 6.08 Å². The van der Waals surface area contributed by atoms with Gasteiger partial charge in [0.15, 0.2) is 11.5 Å². The summed E-state index contributed by atoms with van der Waals surface area (Å²) >= 11 is 0. The molecule has 0 atom stereocenters. The number of phenols is 1. The molecule has 0 amide bonds. The predicted octanol–water partition coefficient (Wildman–Crippen LogP) is 1.33. The van der Waals surface area contributed by atoms with E-state index >= 15 is 0 Å². The van der Waals surface area contributed by atoms with Crippen LogP contribution in [0.15, 0.2) is 27.4 Å². The number of aromatic nitrogens is 2. The molecule has 0 radical (unpaired) electrons. The Labute approximate surface area is 160 Å². The molecular formula is C19H21N3O6. The van der Waals surface area contributed by atoms with Crippen LogP contribution in [-0.2, 0) is 13.6 Å². The van der Waals surface area contributed by atoms with Crippen LogP contribution >= 0.6 is 0 Å². The van der Waals surface area contributed by atoms with E-state index in [1.54, 1.807) is 0 Å².